The van der Waals surface area contributed by atoms with Gasteiger partial charge in [-0.25, -0.2) is 14.8 Å². The van der Waals surface area contributed by atoms with Crippen molar-refractivity contribution < 1.29 is 4.52 Å². The maximum atomic E-state index is 13.9. The molecule has 0 atom stereocenters. The zero-order chi connectivity index (χ0) is 28.3. The van der Waals surface area contributed by atoms with Crippen molar-refractivity contribution in [3.8, 4) is 22.5 Å². The van der Waals surface area contributed by atoms with Gasteiger partial charge < -0.3 is 0 Å². The number of nitrogens with one attached hydrogen (secondary N) is 1. The number of unbranched alkanes of at least 4 members (excludes halogenated alkanes) is 1. The van der Waals surface area contributed by atoms with Crippen molar-refractivity contribution in [1.29, 1.82) is 0 Å². The van der Waals surface area contributed by atoms with Crippen molar-refractivity contribution >= 4 is 72.9 Å². The molecule has 8 nitrogen and oxygen atoms in total. The van der Waals surface area contributed by atoms with Crippen molar-refractivity contribution in [3.05, 3.63) is 121 Å². The SMILES string of the molecule is CCCCc1nc(C)n(Cc2nc3ccccc3s2)c(=O)c1Cc1ccc(-c2ccccc2-c2noc(=O)[nH]2)cc1.[KH]. The van der Waals surface area contributed by atoms with Gasteiger partial charge in [-0.05, 0) is 48.6 Å². The summed E-state index contributed by atoms with van der Waals surface area (Å²) in [6.45, 7) is 4.45. The quantitative estimate of drug-likeness (QED) is 0.219. The molecule has 6 aromatic rings. The van der Waals surface area contributed by atoms with Crippen molar-refractivity contribution in [1.82, 2.24) is 24.7 Å². The Morgan fingerprint density at radius 2 is 1.67 bits per heavy atom. The average Bonchev–Trinajstić information content (AvgIpc) is 3.62. The van der Waals surface area contributed by atoms with Crippen LogP contribution in [-0.4, -0.2) is 76.1 Å². The van der Waals surface area contributed by atoms with Crippen LogP contribution in [0.5, 0.6) is 0 Å². The van der Waals surface area contributed by atoms with E-state index in [-0.39, 0.29) is 56.9 Å². The van der Waals surface area contributed by atoms with Gasteiger partial charge in [-0.3, -0.25) is 18.9 Å². The number of aromatic amines is 1. The van der Waals surface area contributed by atoms with Gasteiger partial charge >= 0.3 is 57.1 Å². The van der Waals surface area contributed by atoms with Crippen LogP contribution in [0.25, 0.3) is 32.7 Å². The molecule has 42 heavy (non-hydrogen) atoms. The van der Waals surface area contributed by atoms with Gasteiger partial charge in [0.15, 0.2) is 5.82 Å². The zero-order valence-electron chi connectivity index (χ0n) is 22.9. The fourth-order valence-corrected chi connectivity index (χ4v) is 6.04. The molecule has 3 aromatic heterocycles. The third kappa shape index (κ3) is 6.49. The Bertz CT molecular complexity index is 1920. The standard InChI is InChI=1S/C32H29N5O3S.K.H/c1-3-4-11-26-25(31(38)37(20(2)33-26)19-29-34-27-12-7-8-13-28(27)41-29)18-21-14-16-22(17-15-21)23-9-5-6-10-24(23)30-35-32(39)40-36-30;;/h5-10,12-17H,3-4,11,18-19H2,1-2H3,(H,35,36,39);;. The number of H-pyrrole nitrogens is 1. The number of hydrogen-bond donors (Lipinski definition) is 1. The molecule has 0 bridgehead atoms. The monoisotopic (exact) mass is 603 g/mol. The number of para-hydroxylation sites is 1. The van der Waals surface area contributed by atoms with Crippen LogP contribution in [0.1, 0.15) is 47.4 Å². The summed E-state index contributed by atoms with van der Waals surface area (Å²) in [4.78, 5) is 37.8. The molecule has 0 aliphatic rings. The van der Waals surface area contributed by atoms with Crippen LogP contribution >= 0.6 is 11.3 Å². The van der Waals surface area contributed by atoms with Gasteiger partial charge in [0.05, 0.1) is 22.5 Å². The first-order chi connectivity index (χ1) is 20.0. The number of aromatic nitrogens is 5. The first-order valence-electron chi connectivity index (χ1n) is 13.7. The predicted octanol–water partition coefficient (Wildman–Crippen LogP) is 5.50. The van der Waals surface area contributed by atoms with E-state index in [0.717, 1.165) is 68.0 Å². The average molecular weight is 604 g/mol. The summed E-state index contributed by atoms with van der Waals surface area (Å²) in [5, 5.41) is 4.75. The normalized spacial score (nSPS) is 11.1. The number of thiazole rings is 1. The van der Waals surface area contributed by atoms with Crippen molar-refractivity contribution in [2.75, 3.05) is 0 Å². The van der Waals surface area contributed by atoms with Crippen LogP contribution in [0.4, 0.5) is 0 Å². The van der Waals surface area contributed by atoms with Gasteiger partial charge in [0.2, 0.25) is 0 Å². The Balaban J connectivity index is 0.00000353. The number of benzene rings is 3. The third-order valence-corrected chi connectivity index (χ3v) is 8.23. The molecule has 3 aromatic carbocycles. The van der Waals surface area contributed by atoms with Crippen LogP contribution in [0.2, 0.25) is 0 Å². The number of fused-ring (bicyclic) bond motifs is 1. The second kappa shape index (κ2) is 13.5. The molecule has 0 spiro atoms. The minimum atomic E-state index is -0.593. The summed E-state index contributed by atoms with van der Waals surface area (Å²) in [5.74, 6) is 0.501. The van der Waals surface area contributed by atoms with E-state index < -0.39 is 5.76 Å². The summed E-state index contributed by atoms with van der Waals surface area (Å²) >= 11 is 1.61. The molecule has 10 heteroatoms. The van der Waals surface area contributed by atoms with Gasteiger partial charge in [-0.15, -0.1) is 11.3 Å². The molecule has 0 saturated heterocycles. The second-order valence-electron chi connectivity index (χ2n) is 10.0. The topological polar surface area (TPSA) is 107 Å². The first-order valence-corrected chi connectivity index (χ1v) is 14.5. The van der Waals surface area contributed by atoms with E-state index in [1.54, 1.807) is 15.9 Å². The molecule has 0 amide bonds. The number of aryl methyl sites for hydroxylation is 2. The Morgan fingerprint density at radius 1 is 0.929 bits per heavy atom. The van der Waals surface area contributed by atoms with E-state index in [0.29, 0.717) is 24.6 Å². The van der Waals surface area contributed by atoms with Gasteiger partial charge in [0.25, 0.3) is 5.56 Å². The van der Waals surface area contributed by atoms with E-state index in [4.69, 9.17) is 14.5 Å². The number of rotatable bonds is 9. The minimum absolute atomic E-state index is 0. The predicted molar refractivity (Wildman–Crippen MR) is 169 cm³/mol. The molecule has 1 N–H and O–H groups in total. The van der Waals surface area contributed by atoms with Crippen LogP contribution in [0, 0.1) is 6.92 Å². The Morgan fingerprint density at radius 3 is 2.38 bits per heavy atom. The maximum absolute atomic E-state index is 13.9. The zero-order valence-corrected chi connectivity index (χ0v) is 23.7. The summed E-state index contributed by atoms with van der Waals surface area (Å²) in [6.07, 6.45) is 3.26. The van der Waals surface area contributed by atoms with Gasteiger partial charge in [-0.2, -0.15) is 0 Å². The molecule has 208 valence electrons. The fourth-order valence-electron chi connectivity index (χ4n) is 5.09. The van der Waals surface area contributed by atoms with Crippen molar-refractivity contribution in [2.24, 2.45) is 0 Å². The molecule has 0 fully saturated rings. The fraction of sp³-hybridized carbons (Fsp3) is 0.219. The van der Waals surface area contributed by atoms with E-state index in [1.807, 2.05) is 73.7 Å². The molecule has 3 heterocycles. The molecule has 6 rings (SSSR count). The Kier molecular flexibility index (Phi) is 9.82. The van der Waals surface area contributed by atoms with E-state index in [2.05, 4.69) is 23.1 Å². The number of nitrogens with zero attached hydrogens (tertiary/aromatic N) is 4. The first kappa shape index (κ1) is 30.5. The second-order valence-corrected chi connectivity index (χ2v) is 11.1. The molecular weight excluding hydrogens is 574 g/mol. The molecule has 0 saturated carbocycles. The molecule has 0 aliphatic heterocycles. The summed E-state index contributed by atoms with van der Waals surface area (Å²) < 4.78 is 7.58. The van der Waals surface area contributed by atoms with Crippen LogP contribution in [0.15, 0.2) is 86.9 Å². The van der Waals surface area contributed by atoms with Gasteiger partial charge in [0, 0.05) is 17.5 Å². The van der Waals surface area contributed by atoms with Crippen molar-refractivity contribution in [2.45, 2.75) is 46.1 Å². The van der Waals surface area contributed by atoms with E-state index in [9.17, 15) is 9.59 Å². The number of hydrogen-bond acceptors (Lipinski definition) is 7. The molecule has 0 radical (unpaired) electrons. The third-order valence-electron chi connectivity index (χ3n) is 7.21. The van der Waals surface area contributed by atoms with Gasteiger partial charge in [0.1, 0.15) is 10.8 Å². The van der Waals surface area contributed by atoms with Crippen LogP contribution in [-0.2, 0) is 19.4 Å². The van der Waals surface area contributed by atoms with Crippen LogP contribution in [0.3, 0.4) is 0 Å². The van der Waals surface area contributed by atoms with E-state index in [1.165, 1.54) is 0 Å². The summed E-state index contributed by atoms with van der Waals surface area (Å²) in [5.41, 5.74) is 6.23. The van der Waals surface area contributed by atoms with Crippen molar-refractivity contribution in [3.63, 3.8) is 0 Å². The Hall–Kier alpha value is -2.99. The van der Waals surface area contributed by atoms with Gasteiger partial charge in [-0.1, -0.05) is 79.2 Å². The van der Waals surface area contributed by atoms with E-state index >= 15 is 0 Å². The summed E-state index contributed by atoms with van der Waals surface area (Å²) in [6, 6.07) is 23.9. The molecule has 0 aliphatic carbocycles. The van der Waals surface area contributed by atoms with Crippen LogP contribution < -0.4 is 11.3 Å². The molecular formula is C32H30KN5O3S. The molecule has 0 unspecified atom stereocenters. The Labute approximate surface area is 289 Å². The summed E-state index contributed by atoms with van der Waals surface area (Å²) in [7, 11) is 0.